The molecule has 0 saturated carbocycles. The number of rotatable bonds is 4. The first kappa shape index (κ1) is 13.9. The Bertz CT molecular complexity index is 337. The van der Waals surface area contributed by atoms with Gasteiger partial charge in [0.25, 0.3) is 0 Å². The van der Waals surface area contributed by atoms with E-state index in [1.807, 2.05) is 0 Å². The van der Waals surface area contributed by atoms with Crippen LogP contribution in [0.3, 0.4) is 0 Å². The lowest BCUT2D eigenvalue weighted by Crippen LogP contribution is -2.46. The highest BCUT2D eigenvalue weighted by Crippen LogP contribution is 2.13. The van der Waals surface area contributed by atoms with Gasteiger partial charge in [0.2, 0.25) is 15.9 Å². The van der Waals surface area contributed by atoms with Crippen molar-refractivity contribution in [3.63, 3.8) is 0 Å². The number of hydrogen-bond donors (Lipinski definition) is 1. The second kappa shape index (κ2) is 5.97. The summed E-state index contributed by atoms with van der Waals surface area (Å²) in [5, 5.41) is 3.56. The van der Waals surface area contributed by atoms with E-state index >= 15 is 0 Å². The Balaban J connectivity index is 2.35. The van der Waals surface area contributed by atoms with Gasteiger partial charge in [0.15, 0.2) is 0 Å². The second-order valence-corrected chi connectivity index (χ2v) is 6.72. The zero-order chi connectivity index (χ0) is 12.2. The van der Waals surface area contributed by atoms with Gasteiger partial charge in [-0.25, -0.2) is 12.7 Å². The zero-order valence-electron chi connectivity index (χ0n) is 9.28. The van der Waals surface area contributed by atoms with Gasteiger partial charge < -0.3 is 5.32 Å². The molecule has 0 aromatic heterocycles. The molecule has 1 fully saturated rings. The quantitative estimate of drug-likeness (QED) is 0.760. The van der Waals surface area contributed by atoms with Crippen LogP contribution in [-0.4, -0.2) is 49.3 Å². The molecule has 0 radical (unpaired) electrons. The molecule has 5 nitrogen and oxygen atoms in total. The van der Waals surface area contributed by atoms with Crippen molar-refractivity contribution in [2.24, 2.45) is 0 Å². The Morgan fingerprint density at radius 2 is 2.00 bits per heavy atom. The van der Waals surface area contributed by atoms with Crippen molar-refractivity contribution in [1.82, 2.24) is 9.62 Å². The maximum atomic E-state index is 11.3. The minimum Gasteiger partial charge on any atom is -0.353 e. The summed E-state index contributed by atoms with van der Waals surface area (Å²) in [6.45, 7) is 0.996. The number of sulfonamides is 1. The number of carbonyl (C=O) groups excluding carboxylic acids is 1. The van der Waals surface area contributed by atoms with Crippen molar-refractivity contribution < 1.29 is 13.2 Å². The predicted molar refractivity (Wildman–Crippen MR) is 66.0 cm³/mol. The summed E-state index contributed by atoms with van der Waals surface area (Å²) in [6, 6.07) is 0.115. The van der Waals surface area contributed by atoms with E-state index in [1.165, 1.54) is 10.6 Å². The lowest BCUT2D eigenvalue weighted by molar-refractivity contribution is -0.121. The van der Waals surface area contributed by atoms with Crippen molar-refractivity contribution in [2.45, 2.75) is 25.3 Å². The molecule has 1 saturated heterocycles. The average molecular weight is 313 g/mol. The van der Waals surface area contributed by atoms with Gasteiger partial charge >= 0.3 is 0 Å². The summed E-state index contributed by atoms with van der Waals surface area (Å²) in [6.07, 6.45) is 3.07. The van der Waals surface area contributed by atoms with E-state index in [2.05, 4.69) is 21.2 Å². The third kappa shape index (κ3) is 4.39. The molecule has 1 rings (SSSR count). The van der Waals surface area contributed by atoms with E-state index in [1.54, 1.807) is 0 Å². The topological polar surface area (TPSA) is 66.5 Å². The van der Waals surface area contributed by atoms with Crippen LogP contribution < -0.4 is 5.32 Å². The maximum absolute atomic E-state index is 11.3. The molecule has 1 heterocycles. The van der Waals surface area contributed by atoms with Gasteiger partial charge in [-0.05, 0) is 12.8 Å². The van der Waals surface area contributed by atoms with E-state index in [0.717, 1.165) is 0 Å². The molecule has 0 bridgehead atoms. The van der Waals surface area contributed by atoms with Crippen molar-refractivity contribution in [3.05, 3.63) is 0 Å². The Morgan fingerprint density at radius 1 is 1.44 bits per heavy atom. The van der Waals surface area contributed by atoms with Gasteiger partial charge in [-0.1, -0.05) is 15.9 Å². The fraction of sp³-hybridized carbons (Fsp3) is 0.889. The van der Waals surface area contributed by atoms with Crippen LogP contribution in [0.1, 0.15) is 19.3 Å². The van der Waals surface area contributed by atoms with Gasteiger partial charge in [0.1, 0.15) is 0 Å². The minimum absolute atomic E-state index is 0.0229. The lowest BCUT2D eigenvalue weighted by atomic mass is 10.1. The molecule has 1 amide bonds. The van der Waals surface area contributed by atoms with Crippen LogP contribution >= 0.6 is 15.9 Å². The molecule has 1 aliphatic rings. The van der Waals surface area contributed by atoms with Crippen LogP contribution in [0.2, 0.25) is 0 Å². The van der Waals surface area contributed by atoms with E-state index in [9.17, 15) is 13.2 Å². The summed E-state index contributed by atoms with van der Waals surface area (Å²) >= 11 is 3.20. The maximum Gasteiger partial charge on any atom is 0.221 e. The molecule has 94 valence electrons. The van der Waals surface area contributed by atoms with Crippen molar-refractivity contribution in [1.29, 1.82) is 0 Å². The molecule has 0 unspecified atom stereocenters. The summed E-state index contributed by atoms with van der Waals surface area (Å²) in [5.41, 5.74) is 0. The molecule has 7 heteroatoms. The monoisotopic (exact) mass is 312 g/mol. The molecule has 1 aliphatic heterocycles. The van der Waals surface area contributed by atoms with Crippen molar-refractivity contribution in [3.8, 4) is 0 Å². The summed E-state index contributed by atoms with van der Waals surface area (Å²) in [7, 11) is -3.07. The first-order valence-corrected chi connectivity index (χ1v) is 8.21. The number of nitrogens with zero attached hydrogens (tertiary/aromatic N) is 1. The first-order chi connectivity index (χ1) is 7.43. The SMILES string of the molecule is CS(=O)(=O)N1CCC(NC(=O)CCBr)CC1. The van der Waals surface area contributed by atoms with E-state index < -0.39 is 10.0 Å². The van der Waals surface area contributed by atoms with E-state index in [-0.39, 0.29) is 11.9 Å². The number of alkyl halides is 1. The highest BCUT2D eigenvalue weighted by Gasteiger charge is 2.25. The van der Waals surface area contributed by atoms with Crippen LogP contribution in [-0.2, 0) is 14.8 Å². The number of piperidine rings is 1. The van der Waals surface area contributed by atoms with Crippen LogP contribution in [0.4, 0.5) is 0 Å². The molecule has 0 aliphatic carbocycles. The van der Waals surface area contributed by atoms with Crippen molar-refractivity contribution in [2.75, 3.05) is 24.7 Å². The fourth-order valence-corrected chi connectivity index (χ4v) is 2.95. The standard InChI is InChI=1S/C9H17BrN2O3S/c1-16(14,15)12-6-3-8(4-7-12)11-9(13)2-5-10/h8H,2-7H2,1H3,(H,11,13). The molecule has 0 aromatic rings. The smallest absolute Gasteiger partial charge is 0.221 e. The number of amides is 1. The summed E-state index contributed by atoms with van der Waals surface area (Å²) in [4.78, 5) is 11.3. The highest BCUT2D eigenvalue weighted by molar-refractivity contribution is 9.09. The van der Waals surface area contributed by atoms with Gasteiger partial charge in [-0.3, -0.25) is 4.79 Å². The molecule has 0 atom stereocenters. The molecule has 0 aromatic carbocycles. The molecular weight excluding hydrogens is 296 g/mol. The van der Waals surface area contributed by atoms with Crippen LogP contribution in [0.25, 0.3) is 0 Å². The van der Waals surface area contributed by atoms with Crippen LogP contribution in [0, 0.1) is 0 Å². The van der Waals surface area contributed by atoms with Crippen LogP contribution in [0.15, 0.2) is 0 Å². The Morgan fingerprint density at radius 3 is 2.44 bits per heavy atom. The van der Waals surface area contributed by atoms with Gasteiger partial charge in [0.05, 0.1) is 6.26 Å². The van der Waals surface area contributed by atoms with Gasteiger partial charge in [-0.2, -0.15) is 0 Å². The third-order valence-electron chi connectivity index (χ3n) is 2.61. The number of nitrogens with one attached hydrogen (secondary N) is 1. The normalized spacial score (nSPS) is 19.6. The van der Waals surface area contributed by atoms with Gasteiger partial charge in [0, 0.05) is 30.9 Å². The average Bonchev–Trinajstić information content (AvgIpc) is 2.17. The molecule has 16 heavy (non-hydrogen) atoms. The summed E-state index contributed by atoms with van der Waals surface area (Å²) in [5.74, 6) is 0.0229. The number of halogens is 1. The first-order valence-electron chi connectivity index (χ1n) is 5.24. The van der Waals surface area contributed by atoms with Crippen LogP contribution in [0.5, 0.6) is 0 Å². The van der Waals surface area contributed by atoms with E-state index in [4.69, 9.17) is 0 Å². The molecule has 1 N–H and O–H groups in total. The Hall–Kier alpha value is -0.140. The largest absolute Gasteiger partial charge is 0.353 e. The van der Waals surface area contributed by atoms with Gasteiger partial charge in [-0.15, -0.1) is 0 Å². The second-order valence-electron chi connectivity index (χ2n) is 3.94. The zero-order valence-corrected chi connectivity index (χ0v) is 11.7. The Labute approximate surface area is 105 Å². The number of hydrogen-bond acceptors (Lipinski definition) is 3. The fourth-order valence-electron chi connectivity index (χ4n) is 1.72. The number of carbonyl (C=O) groups is 1. The minimum atomic E-state index is -3.07. The van der Waals surface area contributed by atoms with E-state index in [0.29, 0.717) is 37.7 Å². The van der Waals surface area contributed by atoms with Crippen molar-refractivity contribution >= 4 is 31.9 Å². The summed E-state index contributed by atoms with van der Waals surface area (Å²) < 4.78 is 24.0. The third-order valence-corrected chi connectivity index (χ3v) is 4.31. The molecule has 0 spiro atoms. The predicted octanol–water partition coefficient (Wildman–Crippen LogP) is 0.312. The highest BCUT2D eigenvalue weighted by atomic mass is 79.9. The molecular formula is C9H17BrN2O3S. The Kier molecular flexibility index (Phi) is 5.20. The lowest BCUT2D eigenvalue weighted by Gasteiger charge is -2.30.